The summed E-state index contributed by atoms with van der Waals surface area (Å²) in [7, 11) is 0. The van der Waals surface area contributed by atoms with E-state index in [1.807, 2.05) is 0 Å². The van der Waals surface area contributed by atoms with Gasteiger partial charge in [-0.25, -0.2) is 0 Å². The molecule has 0 spiro atoms. The Morgan fingerprint density at radius 3 is 3.12 bits per heavy atom. The van der Waals surface area contributed by atoms with E-state index in [2.05, 4.69) is 53.0 Å². The summed E-state index contributed by atoms with van der Waals surface area (Å²) < 4.78 is 1.33. The van der Waals surface area contributed by atoms with Crippen LogP contribution in [0, 0.1) is 0 Å². The predicted octanol–water partition coefficient (Wildman–Crippen LogP) is 2.82. The fraction of sp³-hybridized carbons (Fsp3) is 0.143. The van der Waals surface area contributed by atoms with Gasteiger partial charge in [-0.2, -0.15) is 0 Å². The smallest absolute Gasteiger partial charge is 0.00930 e. The van der Waals surface area contributed by atoms with Gasteiger partial charge in [0.1, 0.15) is 0 Å². The standard InChI is InChI=1S/C7H7I/c8-7-5-3-1-2-4-6-7/h1-3,5-6H,4H2. The minimum Gasteiger partial charge on any atom is -0.0807 e. The topological polar surface area (TPSA) is 0 Å². The predicted molar refractivity (Wildman–Crippen MR) is 45.0 cm³/mol. The van der Waals surface area contributed by atoms with E-state index in [0.717, 1.165) is 6.42 Å². The van der Waals surface area contributed by atoms with Gasteiger partial charge < -0.3 is 0 Å². The number of hydrogen-bond acceptors (Lipinski definition) is 0. The van der Waals surface area contributed by atoms with Crippen molar-refractivity contribution >= 4 is 22.6 Å². The number of rotatable bonds is 0. The first-order valence-corrected chi connectivity index (χ1v) is 3.66. The van der Waals surface area contributed by atoms with Gasteiger partial charge in [0.05, 0.1) is 0 Å². The van der Waals surface area contributed by atoms with Crippen LogP contribution in [-0.4, -0.2) is 0 Å². The highest BCUT2D eigenvalue weighted by Crippen LogP contribution is 2.11. The summed E-state index contributed by atoms with van der Waals surface area (Å²) in [5.41, 5.74) is 0. The van der Waals surface area contributed by atoms with E-state index < -0.39 is 0 Å². The van der Waals surface area contributed by atoms with Crippen molar-refractivity contribution in [3.8, 4) is 0 Å². The number of allylic oxidation sites excluding steroid dienone is 6. The first-order chi connectivity index (χ1) is 3.89. The zero-order valence-corrected chi connectivity index (χ0v) is 6.63. The maximum absolute atomic E-state index is 2.32. The minimum atomic E-state index is 1.07. The first-order valence-electron chi connectivity index (χ1n) is 2.58. The zero-order valence-electron chi connectivity index (χ0n) is 4.47. The molecule has 0 amide bonds. The Morgan fingerprint density at radius 2 is 2.25 bits per heavy atom. The Labute approximate surface area is 63.1 Å². The molecule has 0 aromatic carbocycles. The van der Waals surface area contributed by atoms with Crippen molar-refractivity contribution in [2.24, 2.45) is 0 Å². The van der Waals surface area contributed by atoms with Crippen LogP contribution in [0.2, 0.25) is 0 Å². The largest absolute Gasteiger partial charge is 0.0807 e. The lowest BCUT2D eigenvalue weighted by molar-refractivity contribution is 1.40. The highest BCUT2D eigenvalue weighted by atomic mass is 127. The Morgan fingerprint density at radius 1 is 1.38 bits per heavy atom. The monoisotopic (exact) mass is 218 g/mol. The van der Waals surface area contributed by atoms with Gasteiger partial charge in [-0.1, -0.05) is 24.3 Å². The SMILES string of the molecule is IC1=CCC=CC=C1. The van der Waals surface area contributed by atoms with Gasteiger partial charge in [-0.3, -0.25) is 0 Å². The molecule has 1 rings (SSSR count). The molecular formula is C7H7I. The summed E-state index contributed by atoms with van der Waals surface area (Å²) in [5, 5.41) is 0. The van der Waals surface area contributed by atoms with Crippen molar-refractivity contribution in [1.82, 2.24) is 0 Å². The van der Waals surface area contributed by atoms with Gasteiger partial charge in [0.15, 0.2) is 0 Å². The molecule has 0 atom stereocenters. The van der Waals surface area contributed by atoms with Gasteiger partial charge >= 0.3 is 0 Å². The molecule has 0 nitrogen and oxygen atoms in total. The van der Waals surface area contributed by atoms with Gasteiger partial charge in [-0.15, -0.1) is 0 Å². The van der Waals surface area contributed by atoms with Crippen LogP contribution in [0.15, 0.2) is 34.0 Å². The molecule has 0 radical (unpaired) electrons. The van der Waals surface area contributed by atoms with Gasteiger partial charge in [0, 0.05) is 3.58 Å². The lowest BCUT2D eigenvalue weighted by atomic mass is 10.4. The maximum atomic E-state index is 2.32. The van der Waals surface area contributed by atoms with E-state index in [4.69, 9.17) is 0 Å². The van der Waals surface area contributed by atoms with Crippen molar-refractivity contribution in [3.63, 3.8) is 0 Å². The molecule has 0 saturated heterocycles. The van der Waals surface area contributed by atoms with Crippen molar-refractivity contribution < 1.29 is 0 Å². The Hall–Kier alpha value is -0.0500. The molecule has 0 N–H and O–H groups in total. The molecule has 0 heterocycles. The normalized spacial score (nSPS) is 17.9. The number of hydrogen-bond donors (Lipinski definition) is 0. The highest BCUT2D eigenvalue weighted by molar-refractivity contribution is 14.1. The summed E-state index contributed by atoms with van der Waals surface area (Å²) in [5.74, 6) is 0. The van der Waals surface area contributed by atoms with Gasteiger partial charge in [0.2, 0.25) is 0 Å². The average Bonchev–Trinajstić information content (AvgIpc) is 1.94. The van der Waals surface area contributed by atoms with Crippen LogP contribution in [0.5, 0.6) is 0 Å². The second kappa shape index (κ2) is 3.07. The second-order valence-corrected chi connectivity index (χ2v) is 2.86. The molecule has 0 unspecified atom stereocenters. The van der Waals surface area contributed by atoms with Crippen LogP contribution < -0.4 is 0 Å². The molecule has 0 aliphatic heterocycles. The molecule has 0 aromatic heterocycles. The van der Waals surface area contributed by atoms with Crippen LogP contribution in [-0.2, 0) is 0 Å². The van der Waals surface area contributed by atoms with Crippen molar-refractivity contribution in [1.29, 1.82) is 0 Å². The Balaban J connectivity index is 2.69. The molecule has 42 valence electrons. The van der Waals surface area contributed by atoms with Crippen LogP contribution in [0.3, 0.4) is 0 Å². The van der Waals surface area contributed by atoms with Gasteiger partial charge in [-0.05, 0) is 35.1 Å². The maximum Gasteiger partial charge on any atom is 0.00930 e. The lowest BCUT2D eigenvalue weighted by Crippen LogP contribution is -1.56. The highest BCUT2D eigenvalue weighted by Gasteiger charge is 1.82. The molecule has 0 saturated carbocycles. The molecule has 0 aromatic rings. The quantitative estimate of drug-likeness (QED) is 0.548. The fourth-order valence-corrected chi connectivity index (χ4v) is 1.02. The zero-order chi connectivity index (χ0) is 5.82. The Bertz CT molecular complexity index is 149. The van der Waals surface area contributed by atoms with Crippen molar-refractivity contribution in [2.75, 3.05) is 0 Å². The van der Waals surface area contributed by atoms with Crippen molar-refractivity contribution in [2.45, 2.75) is 6.42 Å². The third-order valence-corrected chi connectivity index (χ3v) is 1.75. The van der Waals surface area contributed by atoms with E-state index in [1.165, 1.54) is 3.58 Å². The van der Waals surface area contributed by atoms with E-state index >= 15 is 0 Å². The summed E-state index contributed by atoms with van der Waals surface area (Å²) in [6, 6.07) is 0. The summed E-state index contributed by atoms with van der Waals surface area (Å²) in [4.78, 5) is 0. The summed E-state index contributed by atoms with van der Waals surface area (Å²) in [6.07, 6.45) is 11.6. The van der Waals surface area contributed by atoms with Crippen LogP contribution >= 0.6 is 22.6 Å². The molecule has 1 heteroatoms. The van der Waals surface area contributed by atoms with Gasteiger partial charge in [0.25, 0.3) is 0 Å². The second-order valence-electron chi connectivity index (χ2n) is 1.61. The third-order valence-electron chi connectivity index (χ3n) is 0.952. The van der Waals surface area contributed by atoms with Crippen LogP contribution in [0.4, 0.5) is 0 Å². The number of halogens is 1. The minimum absolute atomic E-state index is 1.07. The molecule has 8 heavy (non-hydrogen) atoms. The van der Waals surface area contributed by atoms with E-state index in [9.17, 15) is 0 Å². The lowest BCUT2D eigenvalue weighted by Gasteiger charge is -1.80. The molecule has 0 fully saturated rings. The van der Waals surface area contributed by atoms with E-state index in [0.29, 0.717) is 0 Å². The third kappa shape index (κ3) is 1.82. The summed E-state index contributed by atoms with van der Waals surface area (Å²) >= 11 is 2.32. The molecule has 1 aliphatic rings. The van der Waals surface area contributed by atoms with E-state index in [-0.39, 0.29) is 0 Å². The first kappa shape index (κ1) is 6.08. The molecule has 1 aliphatic carbocycles. The van der Waals surface area contributed by atoms with E-state index in [1.54, 1.807) is 0 Å². The summed E-state index contributed by atoms with van der Waals surface area (Å²) in [6.45, 7) is 0. The van der Waals surface area contributed by atoms with Crippen LogP contribution in [0.1, 0.15) is 6.42 Å². The average molecular weight is 218 g/mol. The molecule has 0 bridgehead atoms. The van der Waals surface area contributed by atoms with Crippen LogP contribution in [0.25, 0.3) is 0 Å². The molecular weight excluding hydrogens is 211 g/mol. The Kier molecular flexibility index (Phi) is 2.33. The van der Waals surface area contributed by atoms with Crippen molar-refractivity contribution in [3.05, 3.63) is 34.0 Å². The fourth-order valence-electron chi connectivity index (χ4n) is 0.553.